The first-order chi connectivity index (χ1) is 30.1. The number of nitrogens with one attached hydrogen (secondary N) is 5. The Morgan fingerprint density at radius 2 is 1.54 bits per heavy atom. The lowest BCUT2D eigenvalue weighted by atomic mass is 10.0. The van der Waals surface area contributed by atoms with Gasteiger partial charge in [-0.25, -0.2) is 20.0 Å². The van der Waals surface area contributed by atoms with Crippen LogP contribution in [0, 0.1) is 5.92 Å². The van der Waals surface area contributed by atoms with Gasteiger partial charge in [-0.1, -0.05) is 19.9 Å². The van der Waals surface area contributed by atoms with Gasteiger partial charge in [0.2, 0.25) is 23.7 Å². The van der Waals surface area contributed by atoms with Crippen LogP contribution in [0.4, 0.5) is 10.7 Å². The van der Waals surface area contributed by atoms with Crippen molar-refractivity contribution in [2.24, 2.45) is 11.8 Å². The number of hydrogen-bond acceptors (Lipinski definition) is 19. The van der Waals surface area contributed by atoms with Crippen molar-refractivity contribution >= 4 is 46.8 Å². The smallest absolute Gasteiger partial charge is 0.410 e. The highest BCUT2D eigenvalue weighted by atomic mass is 16.6. The monoisotopic (exact) mass is 901 g/mol. The zero-order chi connectivity index (χ0) is 46.5. The molecule has 5 atom stereocenters. The number of hydrazine groups is 1. The van der Waals surface area contributed by atoms with E-state index in [-0.39, 0.29) is 88.9 Å². The number of nitrogen functional groups attached to an aromatic ring is 1. The van der Waals surface area contributed by atoms with Gasteiger partial charge in [0, 0.05) is 26.7 Å². The Hall–Kier alpha value is -5.52. The van der Waals surface area contributed by atoms with Gasteiger partial charge in [-0.2, -0.15) is 4.98 Å². The Bertz CT molecular complexity index is 1940. The zero-order valence-corrected chi connectivity index (χ0v) is 35.4. The van der Waals surface area contributed by atoms with Gasteiger partial charge in [0.05, 0.1) is 66.0 Å². The number of carbonyl (C=O) groups is 5. The number of amides is 5. The van der Waals surface area contributed by atoms with Gasteiger partial charge in [-0.3, -0.25) is 38.9 Å². The Morgan fingerprint density at radius 1 is 0.952 bits per heavy atom. The molecule has 1 saturated heterocycles. The fraction of sp³-hybridized carbons (Fsp3) is 0.667. The highest BCUT2D eigenvalue weighted by Gasteiger charge is 2.49. The summed E-state index contributed by atoms with van der Waals surface area (Å²) in [6.45, 7) is 7.08. The topological polar surface area (TPSA) is 366 Å². The average Bonchev–Trinajstić information content (AvgIpc) is 3.70. The summed E-state index contributed by atoms with van der Waals surface area (Å²) in [6, 6.07) is -0.982. The number of H-pyrrole nitrogens is 1. The first kappa shape index (κ1) is 51.8. The van der Waals surface area contributed by atoms with Crippen molar-refractivity contribution in [3.8, 4) is 0 Å². The number of imidazole rings is 1. The second kappa shape index (κ2) is 26.8. The number of anilines is 1. The van der Waals surface area contributed by atoms with Crippen LogP contribution in [0.5, 0.6) is 0 Å². The number of aromatic nitrogens is 4. The lowest BCUT2D eigenvalue weighted by Crippen LogP contribution is -2.52. The van der Waals surface area contributed by atoms with Crippen LogP contribution in [0.1, 0.15) is 20.1 Å². The Kier molecular flexibility index (Phi) is 22.1. The maximum absolute atomic E-state index is 13.5. The second-order valence-corrected chi connectivity index (χ2v) is 14.1. The molecule has 27 nitrogen and oxygen atoms in total. The molecule has 5 unspecified atom stereocenters. The van der Waals surface area contributed by atoms with Crippen molar-refractivity contribution in [1.82, 2.24) is 45.4 Å². The van der Waals surface area contributed by atoms with Crippen LogP contribution in [0.2, 0.25) is 0 Å². The number of aromatic amines is 1. The first-order valence-electron chi connectivity index (χ1n) is 19.8. The molecule has 27 heteroatoms. The molecule has 11 N–H and O–H groups in total. The molecule has 0 bridgehead atoms. The van der Waals surface area contributed by atoms with Crippen LogP contribution in [0.15, 0.2) is 22.2 Å². The van der Waals surface area contributed by atoms with Crippen LogP contribution in [0.25, 0.3) is 11.2 Å². The Balaban J connectivity index is 1.36. The molecule has 0 aliphatic carbocycles. The number of likely N-dealkylation sites (N-methyl/N-ethyl adjacent to an activating group) is 1. The largest absolute Gasteiger partial charge is 0.438 e. The van der Waals surface area contributed by atoms with Crippen LogP contribution in [-0.2, 0) is 58.9 Å². The lowest BCUT2D eigenvalue weighted by molar-refractivity contribution is -0.133. The standard InChI is InChI=1S/C36H59N11O16/c1-5-7-46-27-30(42-34(37)43-32(27)54)47(35(46)55)33-29(28(52)22(18-48)62-33)63-36(56)45(4)8-6-39-23(49)17-40-31(53)26(21(2)3)41-24(50)19-60-15-13-58-11-9-57-10-12-59-14-16-61-20-25(51)44-38/h5,21-22,26,28-29,33,48,52H,1,6-20,38H2,2-4H3,(H,39,49)(H,40,53)(H,41,50)(H,44,51)(H3,37,42,43,54). The normalized spacial score (nSPS) is 17.6. The van der Waals surface area contributed by atoms with E-state index in [0.717, 1.165) is 14.0 Å². The maximum Gasteiger partial charge on any atom is 0.410 e. The van der Waals surface area contributed by atoms with Gasteiger partial charge < -0.3 is 70.0 Å². The van der Waals surface area contributed by atoms with Gasteiger partial charge in [0.25, 0.3) is 11.5 Å². The number of rotatable bonds is 29. The van der Waals surface area contributed by atoms with Crippen LogP contribution < -0.4 is 44.2 Å². The minimum Gasteiger partial charge on any atom is -0.438 e. The molecule has 0 aromatic carbocycles. The first-order valence-corrected chi connectivity index (χ1v) is 19.8. The highest BCUT2D eigenvalue weighted by molar-refractivity contribution is 5.91. The van der Waals surface area contributed by atoms with E-state index >= 15 is 0 Å². The molecule has 2 aromatic rings. The molecule has 1 fully saturated rings. The summed E-state index contributed by atoms with van der Waals surface area (Å²) in [7, 11) is 1.33. The fourth-order valence-electron chi connectivity index (χ4n) is 5.83. The van der Waals surface area contributed by atoms with Crippen molar-refractivity contribution in [3.63, 3.8) is 0 Å². The summed E-state index contributed by atoms with van der Waals surface area (Å²) in [5.74, 6) is 2.05. The molecule has 0 saturated carbocycles. The summed E-state index contributed by atoms with van der Waals surface area (Å²) in [5.41, 5.74) is 5.71. The highest BCUT2D eigenvalue weighted by Crippen LogP contribution is 2.33. The molecule has 0 spiro atoms. The van der Waals surface area contributed by atoms with Gasteiger partial charge in [-0.05, 0) is 5.92 Å². The second-order valence-electron chi connectivity index (χ2n) is 14.1. The fourth-order valence-corrected chi connectivity index (χ4v) is 5.83. The number of aliphatic hydroxyl groups excluding tert-OH is 2. The maximum atomic E-state index is 13.5. The number of hydrogen-bond donors (Lipinski definition) is 9. The molecular weight excluding hydrogens is 842 g/mol. The molecule has 0 radical (unpaired) electrons. The number of nitrogens with zero attached hydrogens (tertiary/aromatic N) is 4. The van der Waals surface area contributed by atoms with Crippen molar-refractivity contribution in [3.05, 3.63) is 33.5 Å². The zero-order valence-electron chi connectivity index (χ0n) is 35.4. The number of ether oxygens (including phenoxy) is 7. The summed E-state index contributed by atoms with van der Waals surface area (Å²) < 4.78 is 39.6. The van der Waals surface area contributed by atoms with Gasteiger partial charge in [0.1, 0.15) is 31.5 Å². The number of allylic oxidation sites excluding steroid dienone is 1. The van der Waals surface area contributed by atoms with E-state index < -0.39 is 84.7 Å². The minimum atomic E-state index is -1.62. The van der Waals surface area contributed by atoms with Gasteiger partial charge in [0.15, 0.2) is 23.5 Å². The van der Waals surface area contributed by atoms with Crippen molar-refractivity contribution in [2.75, 3.05) is 105 Å². The number of aliphatic hydroxyl groups is 2. The SMILES string of the molecule is C=CCn1c(=O)n(C2OC(CO)C(O)C2OC(=O)N(C)CCNC(=O)CNC(=O)C(NC(=O)COCCOCCOCCOCCOCC(=O)NN)C(C)C)c2nc(N)[nH]c(=O)c21. The predicted octanol–water partition coefficient (Wildman–Crippen LogP) is -5.21. The number of carbonyl (C=O) groups excluding carboxylic acids is 5. The molecule has 63 heavy (non-hydrogen) atoms. The van der Waals surface area contributed by atoms with E-state index in [0.29, 0.717) is 19.8 Å². The minimum absolute atomic E-state index is 0.0999. The Labute approximate surface area is 360 Å². The molecule has 1 aliphatic heterocycles. The summed E-state index contributed by atoms with van der Waals surface area (Å²) >= 11 is 0. The molecule has 2 aromatic heterocycles. The van der Waals surface area contributed by atoms with Crippen LogP contribution in [0.3, 0.4) is 0 Å². The molecule has 5 amide bonds. The third-order valence-electron chi connectivity index (χ3n) is 9.01. The van der Waals surface area contributed by atoms with E-state index in [1.807, 2.05) is 5.43 Å². The van der Waals surface area contributed by atoms with Gasteiger partial charge in [-0.15, -0.1) is 6.58 Å². The third-order valence-corrected chi connectivity index (χ3v) is 9.01. The molecule has 354 valence electrons. The van der Waals surface area contributed by atoms with Crippen molar-refractivity contribution in [1.29, 1.82) is 0 Å². The summed E-state index contributed by atoms with van der Waals surface area (Å²) in [5, 5.41) is 28.4. The third kappa shape index (κ3) is 16.0. The van der Waals surface area contributed by atoms with Crippen LogP contribution >= 0.6 is 0 Å². The molecular formula is C36H59N11O16. The quantitative estimate of drug-likeness (QED) is 0.0121. The van der Waals surface area contributed by atoms with E-state index in [1.54, 1.807) is 13.8 Å². The summed E-state index contributed by atoms with van der Waals surface area (Å²) in [6.07, 6.45) is -5.68. The van der Waals surface area contributed by atoms with Crippen LogP contribution in [-0.4, -0.2) is 188 Å². The molecule has 3 heterocycles. The lowest BCUT2D eigenvalue weighted by Gasteiger charge is -2.25. The molecule has 3 rings (SSSR count). The van der Waals surface area contributed by atoms with Gasteiger partial charge >= 0.3 is 11.8 Å². The predicted molar refractivity (Wildman–Crippen MR) is 218 cm³/mol. The van der Waals surface area contributed by atoms with E-state index in [1.165, 1.54) is 13.1 Å². The van der Waals surface area contributed by atoms with E-state index in [9.17, 15) is 43.8 Å². The molecule has 1 aliphatic rings. The average molecular weight is 902 g/mol. The van der Waals surface area contributed by atoms with Crippen molar-refractivity contribution < 1.29 is 67.3 Å². The number of nitrogens with two attached hydrogens (primary N) is 2. The van der Waals surface area contributed by atoms with E-state index in [4.69, 9.17) is 44.7 Å². The van der Waals surface area contributed by atoms with Crippen molar-refractivity contribution in [2.45, 2.75) is 51.0 Å². The summed E-state index contributed by atoms with van der Waals surface area (Å²) in [4.78, 5) is 95.7. The number of fused-ring (bicyclic) bond motifs is 1. The van der Waals surface area contributed by atoms with E-state index in [2.05, 4.69) is 32.5 Å². The Morgan fingerprint density at radius 3 is 2.10 bits per heavy atom.